The van der Waals surface area contributed by atoms with Crippen LogP contribution in [0.2, 0.25) is 0 Å². The number of ether oxygens (including phenoxy) is 1. The van der Waals surface area contributed by atoms with E-state index in [1.807, 2.05) is 0 Å². The number of rotatable bonds is 2. The maximum atomic E-state index is 11.1. The Hall–Kier alpha value is -0.940. The summed E-state index contributed by atoms with van der Waals surface area (Å²) in [6, 6.07) is 3.36. The number of carbonyl (C=O) groups excluding carboxylic acids is 1. The maximum absolute atomic E-state index is 11.1. The van der Waals surface area contributed by atoms with Gasteiger partial charge in [-0.2, -0.15) is 0 Å². The summed E-state index contributed by atoms with van der Waals surface area (Å²) in [5.74, 6) is -0.462. The third kappa shape index (κ3) is 2.50. The molecule has 0 aliphatic heterocycles. The molecule has 13 heavy (non-hydrogen) atoms. The summed E-state index contributed by atoms with van der Waals surface area (Å²) < 4.78 is 5.11. The summed E-state index contributed by atoms with van der Waals surface area (Å²) in [7, 11) is 1.31. The Kier molecular flexibility index (Phi) is 3.39. The summed E-state index contributed by atoms with van der Waals surface area (Å²) in [6.45, 7) is 0.366. The Labute approximate surface area is 84.2 Å². The van der Waals surface area contributed by atoms with Crippen molar-refractivity contribution in [1.82, 2.24) is 4.98 Å². The Balaban J connectivity index is 3.08. The van der Waals surface area contributed by atoms with Crippen molar-refractivity contribution in [3.63, 3.8) is 0 Å². The van der Waals surface area contributed by atoms with Gasteiger partial charge in [0.2, 0.25) is 0 Å². The second-order valence-corrected chi connectivity index (χ2v) is 3.19. The van der Waals surface area contributed by atoms with Gasteiger partial charge in [0.15, 0.2) is 0 Å². The molecule has 0 saturated carbocycles. The number of nitrogens with two attached hydrogens (primary N) is 1. The first-order chi connectivity index (χ1) is 6.17. The molecular formula is C8H9BrN2O2. The Bertz CT molecular complexity index is 328. The van der Waals surface area contributed by atoms with Crippen molar-refractivity contribution < 1.29 is 9.53 Å². The lowest BCUT2D eigenvalue weighted by atomic mass is 10.2. The van der Waals surface area contributed by atoms with Gasteiger partial charge >= 0.3 is 5.97 Å². The van der Waals surface area contributed by atoms with Crippen molar-refractivity contribution in [2.24, 2.45) is 5.73 Å². The van der Waals surface area contributed by atoms with Crippen LogP contribution in [0.4, 0.5) is 0 Å². The summed E-state index contributed by atoms with van der Waals surface area (Å²) in [6.07, 6.45) is 0. The minimum Gasteiger partial charge on any atom is -0.464 e. The molecule has 0 radical (unpaired) electrons. The standard InChI is InChI=1S/C8H9BrN2O2/c1-13-8(12)6-2-5(4-10)3-7(9)11-6/h2-3H,4,10H2,1H3. The van der Waals surface area contributed by atoms with Crippen LogP contribution in [0.1, 0.15) is 16.1 Å². The molecule has 0 atom stereocenters. The van der Waals surface area contributed by atoms with E-state index in [0.717, 1.165) is 5.56 Å². The molecule has 1 aromatic rings. The average molecular weight is 245 g/mol. The van der Waals surface area contributed by atoms with Crippen LogP contribution in [-0.4, -0.2) is 18.1 Å². The number of hydrogen-bond acceptors (Lipinski definition) is 4. The minimum atomic E-state index is -0.462. The van der Waals surface area contributed by atoms with Gasteiger partial charge in [-0.05, 0) is 33.6 Å². The van der Waals surface area contributed by atoms with Crippen LogP contribution < -0.4 is 5.73 Å². The van der Waals surface area contributed by atoms with Crippen molar-refractivity contribution in [3.8, 4) is 0 Å². The summed E-state index contributed by atoms with van der Waals surface area (Å²) in [4.78, 5) is 15.0. The Morgan fingerprint density at radius 2 is 2.38 bits per heavy atom. The third-order valence-corrected chi connectivity index (χ3v) is 1.89. The van der Waals surface area contributed by atoms with E-state index in [1.54, 1.807) is 12.1 Å². The van der Waals surface area contributed by atoms with Crippen molar-refractivity contribution in [1.29, 1.82) is 0 Å². The molecule has 0 amide bonds. The zero-order chi connectivity index (χ0) is 9.84. The molecule has 0 bridgehead atoms. The molecule has 1 aromatic heterocycles. The molecule has 0 unspecified atom stereocenters. The number of pyridine rings is 1. The maximum Gasteiger partial charge on any atom is 0.356 e. The van der Waals surface area contributed by atoms with Crippen molar-refractivity contribution in [2.45, 2.75) is 6.54 Å². The molecule has 70 valence electrons. The number of hydrogen-bond donors (Lipinski definition) is 1. The Morgan fingerprint density at radius 1 is 1.69 bits per heavy atom. The molecule has 1 heterocycles. The average Bonchev–Trinajstić information content (AvgIpc) is 2.15. The van der Waals surface area contributed by atoms with E-state index in [1.165, 1.54) is 7.11 Å². The molecule has 0 aliphatic rings. The molecule has 0 aliphatic carbocycles. The van der Waals surface area contributed by atoms with Gasteiger partial charge in [0, 0.05) is 6.54 Å². The van der Waals surface area contributed by atoms with Gasteiger partial charge in [0.25, 0.3) is 0 Å². The summed E-state index contributed by atoms with van der Waals surface area (Å²) in [5.41, 5.74) is 6.53. The van der Waals surface area contributed by atoms with Gasteiger partial charge < -0.3 is 10.5 Å². The number of aromatic nitrogens is 1. The minimum absolute atomic E-state index is 0.261. The predicted octanol–water partition coefficient (Wildman–Crippen LogP) is 1.09. The normalized spacial score (nSPS) is 9.77. The molecule has 0 spiro atoms. The number of methoxy groups -OCH3 is 1. The highest BCUT2D eigenvalue weighted by Gasteiger charge is 2.08. The highest BCUT2D eigenvalue weighted by atomic mass is 79.9. The van der Waals surface area contributed by atoms with Crippen LogP contribution in [0.5, 0.6) is 0 Å². The quantitative estimate of drug-likeness (QED) is 0.625. The van der Waals surface area contributed by atoms with Crippen LogP contribution in [0.15, 0.2) is 16.7 Å². The van der Waals surface area contributed by atoms with Gasteiger partial charge in [-0.1, -0.05) is 0 Å². The first-order valence-corrected chi connectivity index (χ1v) is 4.41. The second kappa shape index (κ2) is 4.34. The molecule has 1 rings (SSSR count). The Morgan fingerprint density at radius 3 is 2.92 bits per heavy atom. The SMILES string of the molecule is COC(=O)c1cc(CN)cc(Br)n1. The lowest BCUT2D eigenvalue weighted by Gasteiger charge is -2.02. The number of esters is 1. The summed E-state index contributed by atoms with van der Waals surface area (Å²) in [5, 5.41) is 0. The van der Waals surface area contributed by atoms with E-state index < -0.39 is 5.97 Å². The lowest BCUT2D eigenvalue weighted by Crippen LogP contribution is -2.07. The zero-order valence-corrected chi connectivity index (χ0v) is 8.67. The van der Waals surface area contributed by atoms with E-state index in [0.29, 0.717) is 11.1 Å². The fourth-order valence-corrected chi connectivity index (χ4v) is 1.36. The zero-order valence-electron chi connectivity index (χ0n) is 7.08. The molecular weight excluding hydrogens is 236 g/mol. The molecule has 0 fully saturated rings. The van der Waals surface area contributed by atoms with Crippen LogP contribution in [-0.2, 0) is 11.3 Å². The fourth-order valence-electron chi connectivity index (χ4n) is 0.877. The van der Waals surface area contributed by atoms with Crippen LogP contribution in [0.25, 0.3) is 0 Å². The lowest BCUT2D eigenvalue weighted by molar-refractivity contribution is 0.0593. The number of carbonyl (C=O) groups is 1. The van der Waals surface area contributed by atoms with E-state index >= 15 is 0 Å². The number of halogens is 1. The molecule has 5 heteroatoms. The first-order valence-electron chi connectivity index (χ1n) is 3.62. The fraction of sp³-hybridized carbons (Fsp3) is 0.250. The van der Waals surface area contributed by atoms with Crippen molar-refractivity contribution >= 4 is 21.9 Å². The third-order valence-electron chi connectivity index (χ3n) is 1.48. The largest absolute Gasteiger partial charge is 0.464 e. The summed E-state index contributed by atoms with van der Waals surface area (Å²) >= 11 is 3.18. The van der Waals surface area contributed by atoms with E-state index in [2.05, 4.69) is 25.7 Å². The van der Waals surface area contributed by atoms with E-state index in [-0.39, 0.29) is 5.69 Å². The second-order valence-electron chi connectivity index (χ2n) is 2.38. The molecule has 4 nitrogen and oxygen atoms in total. The van der Waals surface area contributed by atoms with Gasteiger partial charge in [0.1, 0.15) is 10.3 Å². The van der Waals surface area contributed by atoms with Crippen LogP contribution in [0.3, 0.4) is 0 Å². The molecule has 0 aromatic carbocycles. The van der Waals surface area contributed by atoms with E-state index in [9.17, 15) is 4.79 Å². The van der Waals surface area contributed by atoms with Gasteiger partial charge in [-0.3, -0.25) is 0 Å². The highest BCUT2D eigenvalue weighted by Crippen LogP contribution is 2.11. The predicted molar refractivity (Wildman–Crippen MR) is 51.2 cm³/mol. The topological polar surface area (TPSA) is 65.2 Å². The van der Waals surface area contributed by atoms with Crippen LogP contribution >= 0.6 is 15.9 Å². The molecule has 2 N–H and O–H groups in total. The van der Waals surface area contributed by atoms with Crippen molar-refractivity contribution in [3.05, 3.63) is 28.0 Å². The monoisotopic (exact) mass is 244 g/mol. The van der Waals surface area contributed by atoms with Crippen molar-refractivity contribution in [2.75, 3.05) is 7.11 Å². The van der Waals surface area contributed by atoms with Gasteiger partial charge in [-0.25, -0.2) is 9.78 Å². The smallest absolute Gasteiger partial charge is 0.356 e. The highest BCUT2D eigenvalue weighted by molar-refractivity contribution is 9.10. The molecule has 0 saturated heterocycles. The van der Waals surface area contributed by atoms with Gasteiger partial charge in [0.05, 0.1) is 7.11 Å². The van der Waals surface area contributed by atoms with Gasteiger partial charge in [-0.15, -0.1) is 0 Å². The van der Waals surface area contributed by atoms with E-state index in [4.69, 9.17) is 5.73 Å². The van der Waals surface area contributed by atoms with Crippen LogP contribution in [0, 0.1) is 0 Å². The first kappa shape index (κ1) is 10.1. The number of nitrogens with zero attached hydrogens (tertiary/aromatic N) is 1.